The van der Waals surface area contributed by atoms with Gasteiger partial charge in [-0.2, -0.15) is 0 Å². The highest BCUT2D eigenvalue weighted by molar-refractivity contribution is 6.04. The molecule has 632 valence electrons. The average Bonchev–Trinajstić information content (AvgIpc) is 1.63. The molecule has 0 atom stereocenters. The fourth-order valence-corrected chi connectivity index (χ4v) is 14.0. The van der Waals surface area contributed by atoms with Crippen molar-refractivity contribution < 1.29 is 57.4 Å². The molecule has 0 aliphatic carbocycles. The Labute approximate surface area is 713 Å². The molecule has 9 heterocycles. The molecule has 0 bridgehead atoms. The van der Waals surface area contributed by atoms with Gasteiger partial charge in [0.15, 0.2) is 6.29 Å². The number of imidazole rings is 4. The second-order valence-corrected chi connectivity index (χ2v) is 32.0. The highest BCUT2D eigenvalue weighted by atomic mass is 16.6. The molecule has 3 N–H and O–H groups in total. The van der Waals surface area contributed by atoms with Gasteiger partial charge in [0.2, 0.25) is 0 Å². The number of carbonyl (C=O) groups excluding carboxylic acids is 4. The number of benzene rings is 8. The number of nitrogens with zero attached hydrogens (tertiary/aromatic N) is 11. The zero-order chi connectivity index (χ0) is 87.1. The SMILES string of the molecule is CCn1cncc1-c1c[nH]c2ccc(OCc3ccccc3)cc12.CCn1cncc1-c1cn(C(=O)OC(C)(C)C)c2ccc(O)cc12.CCn1cncc1-c1cn(C(=O)OC(C)(C)C)c2ccc(OCc3ccccc3)cc12.CCn1cncc1-c1cn(C(=O)OC(C)(C)C)c2ccc(O[11CH3])cc12.O=Cc1c[nH]c2ccc(OCc3ccccc3)cc12. The van der Waals surface area contributed by atoms with Gasteiger partial charge in [-0.25, -0.2) is 34.3 Å². The van der Waals surface area contributed by atoms with Crippen LogP contribution in [0.3, 0.4) is 0 Å². The van der Waals surface area contributed by atoms with Crippen LogP contribution in [-0.2, 0) is 60.2 Å². The van der Waals surface area contributed by atoms with Crippen molar-refractivity contribution in [1.82, 2.24) is 61.9 Å². The lowest BCUT2D eigenvalue weighted by molar-refractivity contribution is 0.0533. The fourth-order valence-electron chi connectivity index (χ4n) is 14.0. The van der Waals surface area contributed by atoms with Crippen LogP contribution in [0.2, 0.25) is 0 Å². The number of rotatable bonds is 19. The molecule has 0 aliphatic heterocycles. The second-order valence-electron chi connectivity index (χ2n) is 32.0. The molecular formula is C98H103N13O12. The predicted molar refractivity (Wildman–Crippen MR) is 481 cm³/mol. The van der Waals surface area contributed by atoms with E-state index < -0.39 is 35.1 Å². The molecule has 0 radical (unpaired) electrons. The first-order valence-electron chi connectivity index (χ1n) is 40.8. The van der Waals surface area contributed by atoms with Crippen LogP contribution in [0.1, 0.15) is 117 Å². The molecule has 0 unspecified atom stereocenters. The van der Waals surface area contributed by atoms with Crippen LogP contribution in [0.4, 0.5) is 14.4 Å². The van der Waals surface area contributed by atoms with Crippen LogP contribution in [-0.4, -0.2) is 115 Å². The van der Waals surface area contributed by atoms with Gasteiger partial charge in [0.25, 0.3) is 0 Å². The van der Waals surface area contributed by atoms with E-state index in [0.29, 0.717) is 30.9 Å². The predicted octanol–water partition coefficient (Wildman–Crippen LogP) is 22.4. The van der Waals surface area contributed by atoms with Crippen LogP contribution in [0.25, 0.3) is 99.5 Å². The van der Waals surface area contributed by atoms with Gasteiger partial charge in [-0.05, 0) is 198 Å². The van der Waals surface area contributed by atoms with Gasteiger partial charge in [-0.1, -0.05) is 91.0 Å². The lowest BCUT2D eigenvalue weighted by Crippen LogP contribution is -2.26. The fraction of sp³-hybridized carbons (Fsp3) is 0.245. The van der Waals surface area contributed by atoms with Crippen molar-refractivity contribution >= 4 is 79.1 Å². The molecule has 0 spiro atoms. The third-order valence-corrected chi connectivity index (χ3v) is 19.9. The second kappa shape index (κ2) is 38.2. The minimum absolute atomic E-state index is 0.147. The summed E-state index contributed by atoms with van der Waals surface area (Å²) in [5, 5.41) is 14.5. The molecule has 0 aliphatic rings. The van der Waals surface area contributed by atoms with Gasteiger partial charge < -0.3 is 66.5 Å². The Kier molecular flexibility index (Phi) is 26.8. The molecule has 25 nitrogen and oxygen atoms in total. The number of nitrogens with one attached hydrogen (secondary N) is 2. The molecular weight excluding hydrogens is 1550 g/mol. The van der Waals surface area contributed by atoms with E-state index in [2.05, 4.69) is 79.5 Å². The number of H-pyrrole nitrogens is 2. The number of phenolic OH excluding ortho intramolecular Hbond substituents is 1. The maximum Gasteiger partial charge on any atom is 0.419 e. The van der Waals surface area contributed by atoms with Crippen molar-refractivity contribution in [3.63, 3.8) is 0 Å². The number of methoxy groups -OCH3 is 1. The van der Waals surface area contributed by atoms with Gasteiger partial charge in [0, 0.05) is 123 Å². The summed E-state index contributed by atoms with van der Waals surface area (Å²) < 4.78 is 52.5. The van der Waals surface area contributed by atoms with Crippen molar-refractivity contribution in [2.75, 3.05) is 7.11 Å². The Morgan fingerprint density at radius 1 is 0.382 bits per heavy atom. The number of ether oxygens (including phenoxy) is 7. The first kappa shape index (κ1) is 86.2. The average molecular weight is 1650 g/mol. The largest absolute Gasteiger partial charge is 0.508 e. The van der Waals surface area contributed by atoms with Crippen LogP contribution in [0, 0.1) is 0 Å². The third-order valence-electron chi connectivity index (χ3n) is 19.9. The number of fused-ring (bicyclic) bond motifs is 5. The van der Waals surface area contributed by atoms with E-state index in [4.69, 9.17) is 33.2 Å². The Morgan fingerprint density at radius 2 is 0.699 bits per heavy atom. The number of aromatic amines is 2. The number of hydrogen-bond donors (Lipinski definition) is 3. The molecule has 8 aromatic carbocycles. The molecule has 17 aromatic rings. The summed E-state index contributed by atoms with van der Waals surface area (Å²) >= 11 is 0. The summed E-state index contributed by atoms with van der Waals surface area (Å²) in [4.78, 5) is 72.4. The van der Waals surface area contributed by atoms with Gasteiger partial charge in [-0.15, -0.1) is 0 Å². The van der Waals surface area contributed by atoms with Crippen molar-refractivity contribution in [2.24, 2.45) is 0 Å². The minimum Gasteiger partial charge on any atom is -0.508 e. The Morgan fingerprint density at radius 3 is 1.07 bits per heavy atom. The zero-order valence-corrected chi connectivity index (χ0v) is 71.7. The number of carbonyl (C=O) groups is 4. The molecule has 0 fully saturated rings. The molecule has 9 aromatic heterocycles. The standard InChI is InChI=1S/C25H27N3O3.C20H19N3O.C19H23N3O3.C18H21N3O3.C16H13NO2/c1-5-27-17-26-14-23(27)21-15-28(24(29)31-25(2,3)4)22-12-11-19(13-20(21)22)30-16-18-9-7-6-8-10-18;1-2-23-14-21-12-20(23)18-11-22-19-9-8-16(10-17(18)19)24-13-15-6-4-3-5-7-15;1-6-21-12-20-10-17(21)15-11-22(18(23)25-19(2,3)4)16-8-7-13(24-5)9-14(15)16;1-5-20-11-19-9-16(20)14-10-21(17(23)24-18(2,3)4)15-7-6-12(22)8-13(14)15;18-10-13-9-17-16-7-6-14(8-15(13)16)19-11-12-4-2-1-3-5-12/h6-15,17H,5,16H2,1-4H3;3-12,14,22H,2,13H2,1H3;7-12H,6H2,1-5H3;6-11,22H,5H2,1-4H3;1-10,17H,11H2/i;;5-1;;. The van der Waals surface area contributed by atoms with Crippen LogP contribution in [0.15, 0.2) is 263 Å². The number of aromatic nitrogens is 13. The van der Waals surface area contributed by atoms with E-state index in [9.17, 15) is 24.3 Å². The number of aldehydes is 1. The summed E-state index contributed by atoms with van der Waals surface area (Å²) in [5.41, 5.74) is 14.2. The topological polar surface area (TPSA) is 271 Å². The summed E-state index contributed by atoms with van der Waals surface area (Å²) in [6.07, 6.45) is 23.1. The van der Waals surface area contributed by atoms with Crippen LogP contribution >= 0.6 is 0 Å². The summed E-state index contributed by atoms with van der Waals surface area (Å²) in [5.74, 6) is 3.25. The van der Waals surface area contributed by atoms with Crippen LogP contribution < -0.4 is 18.9 Å². The van der Waals surface area contributed by atoms with Gasteiger partial charge in [-0.3, -0.25) is 18.5 Å². The number of phenols is 1. The third kappa shape index (κ3) is 21.0. The van der Waals surface area contributed by atoms with E-state index >= 15 is 0 Å². The molecule has 123 heavy (non-hydrogen) atoms. The summed E-state index contributed by atoms with van der Waals surface area (Å²) in [7, 11) is 1.63. The quantitative estimate of drug-likeness (QED) is 0.0501. The van der Waals surface area contributed by atoms with Gasteiger partial charge in [0.05, 0.1) is 96.5 Å². The van der Waals surface area contributed by atoms with E-state index in [1.54, 1.807) is 84.4 Å². The zero-order valence-electron chi connectivity index (χ0n) is 71.7. The van der Waals surface area contributed by atoms with Gasteiger partial charge >= 0.3 is 18.3 Å². The van der Waals surface area contributed by atoms with E-state index in [1.807, 2.05) is 254 Å². The van der Waals surface area contributed by atoms with E-state index in [1.165, 1.54) is 4.57 Å². The van der Waals surface area contributed by atoms with E-state index in [-0.39, 0.29) is 5.75 Å². The molecule has 0 saturated heterocycles. The monoisotopic (exact) mass is 1650 g/mol. The molecule has 25 heteroatoms. The maximum absolute atomic E-state index is 12.9. The normalized spacial score (nSPS) is 11.4. The first-order chi connectivity index (χ1) is 59.2. The summed E-state index contributed by atoms with van der Waals surface area (Å²) in [6, 6.07) is 58.4. The Bertz CT molecular complexity index is 6470. The minimum atomic E-state index is -0.587. The van der Waals surface area contributed by atoms with Crippen molar-refractivity contribution in [3.05, 3.63) is 285 Å². The Hall–Kier alpha value is -14.6. The lowest BCUT2D eigenvalue weighted by Gasteiger charge is -2.19. The van der Waals surface area contributed by atoms with Crippen molar-refractivity contribution in [2.45, 2.75) is 153 Å². The van der Waals surface area contributed by atoms with Gasteiger partial charge in [0.1, 0.15) is 65.4 Å². The maximum atomic E-state index is 12.9. The van der Waals surface area contributed by atoms with E-state index in [0.717, 1.165) is 166 Å². The van der Waals surface area contributed by atoms with Crippen molar-refractivity contribution in [1.29, 1.82) is 0 Å². The first-order valence-corrected chi connectivity index (χ1v) is 40.8. The number of aryl methyl sites for hydroxylation is 4. The van der Waals surface area contributed by atoms with Crippen LogP contribution in [0.5, 0.6) is 28.7 Å². The van der Waals surface area contributed by atoms with Crippen molar-refractivity contribution in [3.8, 4) is 73.8 Å². The highest BCUT2D eigenvalue weighted by Crippen LogP contribution is 2.39. The molecule has 17 rings (SSSR count). The summed E-state index contributed by atoms with van der Waals surface area (Å²) in [6.45, 7) is 29.7. The highest BCUT2D eigenvalue weighted by Gasteiger charge is 2.27. The Balaban J connectivity index is 0.000000133. The molecule has 0 amide bonds. The lowest BCUT2D eigenvalue weighted by atomic mass is 10.1. The number of hydrogen-bond acceptors (Lipinski definition) is 16. The smallest absolute Gasteiger partial charge is 0.419 e. The molecule has 0 saturated carbocycles. The number of aromatic hydroxyl groups is 1.